The first-order valence-electron chi connectivity index (χ1n) is 8.58. The fourth-order valence-corrected chi connectivity index (χ4v) is 3.76. The normalized spacial score (nSPS) is 11.7. The number of H-pyrrole nitrogens is 3. The number of rotatable bonds is 2. The van der Waals surface area contributed by atoms with Gasteiger partial charge in [0.2, 0.25) is 0 Å². The zero-order chi connectivity index (χ0) is 17.8. The van der Waals surface area contributed by atoms with Crippen LogP contribution in [0.4, 0.5) is 0 Å². The maximum Gasteiger partial charge on any atom is 0.120 e. The number of fused-ring (bicyclic) bond motifs is 3. The molecule has 0 saturated heterocycles. The third-order valence-electron chi connectivity index (χ3n) is 4.99. The Morgan fingerprint density at radius 1 is 0.741 bits per heavy atom. The Kier molecular flexibility index (Phi) is 2.76. The number of para-hydroxylation sites is 2. The molecule has 0 radical (unpaired) electrons. The average Bonchev–Trinajstić information content (AvgIpc) is 3.46. The summed E-state index contributed by atoms with van der Waals surface area (Å²) in [5, 5.41) is 19.7. The quantitative estimate of drug-likeness (QED) is 0.438. The van der Waals surface area contributed by atoms with Crippen LogP contribution in [0.1, 0.15) is 0 Å². The molecule has 6 aromatic rings. The van der Waals surface area contributed by atoms with Crippen molar-refractivity contribution in [2.75, 3.05) is 0 Å². The van der Waals surface area contributed by atoms with Gasteiger partial charge in [-0.25, -0.2) is 4.98 Å². The molecule has 0 aliphatic carbocycles. The third-order valence-corrected chi connectivity index (χ3v) is 4.99. The summed E-state index contributed by atoms with van der Waals surface area (Å²) in [4.78, 5) is 7.66. The molecule has 0 fully saturated rings. The molecule has 7 nitrogen and oxygen atoms in total. The lowest BCUT2D eigenvalue weighted by molar-refractivity contribution is 0.959. The van der Waals surface area contributed by atoms with E-state index in [-0.39, 0.29) is 0 Å². The minimum atomic E-state index is 0.838. The Morgan fingerprint density at radius 3 is 2.56 bits per heavy atom. The van der Waals surface area contributed by atoms with Crippen molar-refractivity contribution in [3.05, 3.63) is 61.1 Å². The largest absolute Gasteiger partial charge is 0.345 e. The second-order valence-corrected chi connectivity index (χ2v) is 6.42. The molecular weight excluding hydrogens is 338 g/mol. The van der Waals surface area contributed by atoms with E-state index in [2.05, 4.69) is 59.8 Å². The molecule has 27 heavy (non-hydrogen) atoms. The molecule has 3 N–H and O–H groups in total. The van der Waals surface area contributed by atoms with Gasteiger partial charge in [0.15, 0.2) is 0 Å². The van der Waals surface area contributed by atoms with E-state index in [9.17, 15) is 0 Å². The van der Waals surface area contributed by atoms with Gasteiger partial charge >= 0.3 is 0 Å². The van der Waals surface area contributed by atoms with Crippen LogP contribution in [-0.2, 0) is 0 Å². The van der Waals surface area contributed by atoms with Gasteiger partial charge in [-0.05, 0) is 17.7 Å². The molecule has 0 saturated carbocycles. The summed E-state index contributed by atoms with van der Waals surface area (Å²) in [7, 11) is 0. The predicted molar refractivity (Wildman–Crippen MR) is 104 cm³/mol. The molecule has 128 valence electrons. The summed E-state index contributed by atoms with van der Waals surface area (Å²) in [5.74, 6) is 0. The number of hydrogen-bond acceptors (Lipinski definition) is 4. The molecule has 0 amide bonds. The molecule has 0 unspecified atom stereocenters. The SMILES string of the molecule is c1cc(-c2ccc(-c3cccc4[nH]cnc34)c3cn[nH]c23)c2n[nH]nc2c1. The predicted octanol–water partition coefficient (Wildman–Crippen LogP) is 4.04. The van der Waals surface area contributed by atoms with Crippen molar-refractivity contribution in [3.8, 4) is 22.3 Å². The molecule has 0 bridgehead atoms. The minimum absolute atomic E-state index is 0.838. The Morgan fingerprint density at radius 2 is 1.59 bits per heavy atom. The minimum Gasteiger partial charge on any atom is -0.345 e. The van der Waals surface area contributed by atoms with Crippen molar-refractivity contribution in [1.82, 2.24) is 35.6 Å². The zero-order valence-electron chi connectivity index (χ0n) is 14.1. The summed E-state index contributed by atoms with van der Waals surface area (Å²) in [6.07, 6.45) is 3.59. The second kappa shape index (κ2) is 5.25. The highest BCUT2D eigenvalue weighted by Gasteiger charge is 2.16. The van der Waals surface area contributed by atoms with Gasteiger partial charge in [0.1, 0.15) is 11.0 Å². The van der Waals surface area contributed by atoms with E-state index >= 15 is 0 Å². The van der Waals surface area contributed by atoms with E-state index in [0.717, 1.165) is 55.2 Å². The standard InChI is InChI=1S/C20H13N7/c1-3-12(19-16(5-1)21-10-22-19)11-7-8-14(18-15(11)9-23-25-18)13-4-2-6-17-20(13)26-27-24-17/h1-10H,(H,21,22)(H,23,25)(H,24,26,27). The van der Waals surface area contributed by atoms with E-state index in [4.69, 9.17) is 0 Å². The molecular formula is C20H13N7. The van der Waals surface area contributed by atoms with Crippen LogP contribution in [0.3, 0.4) is 0 Å². The van der Waals surface area contributed by atoms with Gasteiger partial charge in [0.25, 0.3) is 0 Å². The smallest absolute Gasteiger partial charge is 0.120 e. The highest BCUT2D eigenvalue weighted by atomic mass is 15.3. The van der Waals surface area contributed by atoms with Crippen molar-refractivity contribution in [2.24, 2.45) is 0 Å². The average molecular weight is 351 g/mol. The zero-order valence-corrected chi connectivity index (χ0v) is 14.1. The summed E-state index contributed by atoms with van der Waals surface area (Å²) < 4.78 is 0. The highest BCUT2D eigenvalue weighted by molar-refractivity contribution is 6.09. The van der Waals surface area contributed by atoms with Crippen LogP contribution in [0.5, 0.6) is 0 Å². The van der Waals surface area contributed by atoms with E-state index < -0.39 is 0 Å². The molecule has 6 rings (SSSR count). The maximum absolute atomic E-state index is 4.49. The number of benzene rings is 3. The fourth-order valence-electron chi connectivity index (χ4n) is 3.76. The van der Waals surface area contributed by atoms with Crippen LogP contribution >= 0.6 is 0 Å². The number of nitrogens with one attached hydrogen (secondary N) is 3. The van der Waals surface area contributed by atoms with E-state index in [0.29, 0.717) is 0 Å². The van der Waals surface area contributed by atoms with Gasteiger partial charge in [-0.15, -0.1) is 0 Å². The molecule has 0 atom stereocenters. The van der Waals surface area contributed by atoms with Gasteiger partial charge in [0.05, 0.1) is 29.1 Å². The molecule has 3 heterocycles. The monoisotopic (exact) mass is 351 g/mol. The first-order valence-corrected chi connectivity index (χ1v) is 8.58. The Bertz CT molecular complexity index is 1330. The molecule has 3 aromatic heterocycles. The van der Waals surface area contributed by atoms with Crippen LogP contribution in [0.25, 0.3) is 55.2 Å². The molecule has 7 heteroatoms. The van der Waals surface area contributed by atoms with Crippen LogP contribution in [0.2, 0.25) is 0 Å². The van der Waals surface area contributed by atoms with Gasteiger partial charge in [0, 0.05) is 22.1 Å². The lowest BCUT2D eigenvalue weighted by atomic mass is 9.95. The van der Waals surface area contributed by atoms with Gasteiger partial charge in [-0.1, -0.05) is 36.4 Å². The van der Waals surface area contributed by atoms with E-state index in [1.165, 1.54) is 0 Å². The maximum atomic E-state index is 4.49. The number of aromatic amines is 3. The van der Waals surface area contributed by atoms with Gasteiger partial charge in [-0.3, -0.25) is 5.10 Å². The third kappa shape index (κ3) is 1.96. The highest BCUT2D eigenvalue weighted by Crippen LogP contribution is 2.37. The Balaban J connectivity index is 1.66. The van der Waals surface area contributed by atoms with Crippen molar-refractivity contribution < 1.29 is 0 Å². The Hall–Kier alpha value is -4.00. The lowest BCUT2D eigenvalue weighted by Gasteiger charge is -2.09. The van der Waals surface area contributed by atoms with Crippen LogP contribution in [0.15, 0.2) is 61.1 Å². The van der Waals surface area contributed by atoms with E-state index in [1.807, 2.05) is 30.5 Å². The summed E-state index contributed by atoms with van der Waals surface area (Å²) >= 11 is 0. The number of nitrogens with zero attached hydrogens (tertiary/aromatic N) is 4. The summed E-state index contributed by atoms with van der Waals surface area (Å²) in [5.41, 5.74) is 8.84. The van der Waals surface area contributed by atoms with Crippen LogP contribution in [-0.4, -0.2) is 35.6 Å². The number of aromatic nitrogens is 7. The first-order chi connectivity index (χ1) is 13.4. The summed E-state index contributed by atoms with van der Waals surface area (Å²) in [6, 6.07) is 16.3. The fraction of sp³-hybridized carbons (Fsp3) is 0. The van der Waals surface area contributed by atoms with Crippen molar-refractivity contribution >= 4 is 33.0 Å². The van der Waals surface area contributed by atoms with Crippen LogP contribution < -0.4 is 0 Å². The van der Waals surface area contributed by atoms with E-state index in [1.54, 1.807) is 6.33 Å². The lowest BCUT2D eigenvalue weighted by Crippen LogP contribution is -1.87. The van der Waals surface area contributed by atoms with Crippen molar-refractivity contribution in [3.63, 3.8) is 0 Å². The Labute approximate surface area is 152 Å². The first kappa shape index (κ1) is 14.2. The second-order valence-electron chi connectivity index (χ2n) is 6.42. The van der Waals surface area contributed by atoms with Gasteiger partial charge < -0.3 is 4.98 Å². The number of hydrogen-bond donors (Lipinski definition) is 3. The molecule has 0 spiro atoms. The van der Waals surface area contributed by atoms with Gasteiger partial charge in [-0.2, -0.15) is 20.5 Å². The molecule has 3 aromatic carbocycles. The van der Waals surface area contributed by atoms with Crippen LogP contribution in [0, 0.1) is 0 Å². The molecule has 0 aliphatic heterocycles. The number of imidazole rings is 1. The van der Waals surface area contributed by atoms with Crippen molar-refractivity contribution in [2.45, 2.75) is 0 Å². The summed E-state index contributed by atoms with van der Waals surface area (Å²) in [6.45, 7) is 0. The molecule has 0 aliphatic rings. The topological polar surface area (TPSA) is 98.9 Å². The van der Waals surface area contributed by atoms with Crippen molar-refractivity contribution in [1.29, 1.82) is 0 Å².